The molecule has 0 aliphatic rings. The molecule has 9 heteroatoms. The maximum atomic E-state index is 13.4. The monoisotopic (exact) mass is 461 g/mol. The predicted molar refractivity (Wildman–Crippen MR) is 125 cm³/mol. The van der Waals surface area contributed by atoms with E-state index in [0.29, 0.717) is 27.5 Å². The van der Waals surface area contributed by atoms with Crippen molar-refractivity contribution < 1.29 is 14.0 Å². The largest absolute Gasteiger partial charge is 0.329 e. The van der Waals surface area contributed by atoms with Gasteiger partial charge in [-0.15, -0.1) is 0 Å². The summed E-state index contributed by atoms with van der Waals surface area (Å²) in [7, 11) is 0. The summed E-state index contributed by atoms with van der Waals surface area (Å²) < 4.78 is 15.0. The van der Waals surface area contributed by atoms with Crippen molar-refractivity contribution in [2.45, 2.75) is 0 Å². The van der Waals surface area contributed by atoms with Crippen LogP contribution < -0.4 is 10.7 Å². The number of halogens is 2. The molecule has 0 aliphatic carbocycles. The zero-order chi connectivity index (χ0) is 23.2. The smallest absolute Gasteiger partial charge is 0.318 e. The van der Waals surface area contributed by atoms with Crippen molar-refractivity contribution in [3.8, 4) is 16.9 Å². The Morgan fingerprint density at radius 3 is 2.33 bits per heavy atom. The van der Waals surface area contributed by atoms with Crippen molar-refractivity contribution in [3.63, 3.8) is 0 Å². The molecule has 164 valence electrons. The fourth-order valence-electron chi connectivity index (χ4n) is 2.96. The van der Waals surface area contributed by atoms with Gasteiger partial charge in [0.15, 0.2) is 0 Å². The second-order valence-corrected chi connectivity index (χ2v) is 7.32. The summed E-state index contributed by atoms with van der Waals surface area (Å²) in [5.74, 6) is -2.19. The van der Waals surface area contributed by atoms with E-state index in [-0.39, 0.29) is 5.82 Å². The molecule has 3 aromatic carbocycles. The molecule has 0 saturated carbocycles. The summed E-state index contributed by atoms with van der Waals surface area (Å²) in [5, 5.41) is 11.4. The molecule has 0 aliphatic heterocycles. The highest BCUT2D eigenvalue weighted by Gasteiger charge is 2.14. The van der Waals surface area contributed by atoms with Gasteiger partial charge in [0.05, 0.1) is 11.9 Å². The van der Waals surface area contributed by atoms with Gasteiger partial charge in [0.1, 0.15) is 11.5 Å². The van der Waals surface area contributed by atoms with Crippen LogP contribution in [0.2, 0.25) is 5.02 Å². The molecular weight excluding hydrogens is 445 g/mol. The molecule has 7 nitrogen and oxygen atoms in total. The number of hydrogen-bond donors (Lipinski definition) is 2. The van der Waals surface area contributed by atoms with Gasteiger partial charge in [0, 0.05) is 28.0 Å². The van der Waals surface area contributed by atoms with Gasteiger partial charge in [-0.1, -0.05) is 29.8 Å². The maximum Gasteiger partial charge on any atom is 0.329 e. The number of para-hydroxylation sites is 1. The zero-order valence-electron chi connectivity index (χ0n) is 17.1. The van der Waals surface area contributed by atoms with Crippen LogP contribution in [0, 0.1) is 5.82 Å². The Balaban J connectivity index is 1.52. The van der Waals surface area contributed by atoms with Crippen molar-refractivity contribution in [2.24, 2.45) is 5.10 Å². The molecule has 4 rings (SSSR count). The number of hydrogen-bond acceptors (Lipinski definition) is 4. The molecule has 0 atom stereocenters. The minimum absolute atomic E-state index is 0.365. The average Bonchev–Trinajstić information content (AvgIpc) is 3.25. The standard InChI is InChI=1S/C24H17ClFN5O2/c25-18-8-12-20(13-9-18)28-23(32)24(33)29-27-14-17-15-31(21-4-2-1-3-5-21)30-22(17)16-6-10-19(26)11-7-16/h1-15H,(H,28,32)(H,29,33)/b27-14-. The molecule has 0 unspecified atom stereocenters. The van der Waals surface area contributed by atoms with Crippen molar-refractivity contribution in [1.82, 2.24) is 15.2 Å². The number of anilines is 1. The molecule has 0 spiro atoms. The van der Waals surface area contributed by atoms with Crippen molar-refractivity contribution in [2.75, 3.05) is 5.32 Å². The number of nitrogens with one attached hydrogen (secondary N) is 2. The lowest BCUT2D eigenvalue weighted by molar-refractivity contribution is -0.136. The van der Waals surface area contributed by atoms with Crippen molar-refractivity contribution in [3.05, 3.63) is 101 Å². The Kier molecular flexibility index (Phi) is 6.56. The Labute approximate surface area is 193 Å². The lowest BCUT2D eigenvalue weighted by Gasteiger charge is -2.03. The first-order valence-electron chi connectivity index (χ1n) is 9.80. The van der Waals surface area contributed by atoms with Crippen LogP contribution >= 0.6 is 11.6 Å². The third kappa shape index (κ3) is 5.50. The molecule has 0 bridgehead atoms. The van der Waals surface area contributed by atoms with Gasteiger partial charge in [-0.05, 0) is 60.7 Å². The van der Waals surface area contributed by atoms with E-state index >= 15 is 0 Å². The predicted octanol–water partition coefficient (Wildman–Crippen LogP) is 4.42. The van der Waals surface area contributed by atoms with Crippen LogP contribution in [-0.2, 0) is 9.59 Å². The minimum Gasteiger partial charge on any atom is -0.318 e. The summed E-state index contributed by atoms with van der Waals surface area (Å²) >= 11 is 5.81. The quantitative estimate of drug-likeness (QED) is 0.262. The number of carbonyl (C=O) groups excluding carboxylic acids is 2. The minimum atomic E-state index is -0.944. The molecule has 2 N–H and O–H groups in total. The number of aromatic nitrogens is 2. The van der Waals surface area contributed by atoms with Gasteiger partial charge in [0.25, 0.3) is 0 Å². The molecule has 0 radical (unpaired) electrons. The molecule has 4 aromatic rings. The summed E-state index contributed by atoms with van der Waals surface area (Å²) in [6.07, 6.45) is 3.09. The number of amides is 2. The number of nitrogens with zero attached hydrogens (tertiary/aromatic N) is 3. The highest BCUT2D eigenvalue weighted by atomic mass is 35.5. The lowest BCUT2D eigenvalue weighted by atomic mass is 10.1. The fraction of sp³-hybridized carbons (Fsp3) is 0. The van der Waals surface area contributed by atoms with E-state index in [0.717, 1.165) is 5.69 Å². The first-order chi connectivity index (χ1) is 16.0. The van der Waals surface area contributed by atoms with E-state index < -0.39 is 11.8 Å². The Morgan fingerprint density at radius 1 is 0.939 bits per heavy atom. The number of benzene rings is 3. The van der Waals surface area contributed by atoms with Crippen LogP contribution in [0.3, 0.4) is 0 Å². The third-order valence-corrected chi connectivity index (χ3v) is 4.81. The second kappa shape index (κ2) is 9.88. The van der Waals surface area contributed by atoms with Gasteiger partial charge < -0.3 is 5.32 Å². The Bertz CT molecular complexity index is 1300. The van der Waals surface area contributed by atoms with E-state index in [1.807, 2.05) is 30.3 Å². The topological polar surface area (TPSA) is 88.4 Å². The number of rotatable bonds is 5. The molecule has 1 heterocycles. The van der Waals surface area contributed by atoms with Gasteiger partial charge in [0.2, 0.25) is 0 Å². The van der Waals surface area contributed by atoms with E-state index in [1.54, 1.807) is 47.3 Å². The van der Waals surface area contributed by atoms with Crippen LogP contribution in [-0.4, -0.2) is 27.8 Å². The molecule has 0 saturated heterocycles. The van der Waals surface area contributed by atoms with Crippen LogP contribution in [0.5, 0.6) is 0 Å². The normalized spacial score (nSPS) is 10.8. The van der Waals surface area contributed by atoms with Crippen LogP contribution in [0.15, 0.2) is 90.2 Å². The first kappa shape index (κ1) is 21.9. The van der Waals surface area contributed by atoms with Gasteiger partial charge in [-0.25, -0.2) is 14.5 Å². The summed E-state index contributed by atoms with van der Waals surface area (Å²) in [4.78, 5) is 24.2. The molecular formula is C24H17ClFN5O2. The molecule has 1 aromatic heterocycles. The van der Waals surface area contributed by atoms with E-state index in [4.69, 9.17) is 11.6 Å². The van der Waals surface area contributed by atoms with Crippen LogP contribution in [0.1, 0.15) is 5.56 Å². The van der Waals surface area contributed by atoms with Crippen molar-refractivity contribution in [1.29, 1.82) is 0 Å². The van der Waals surface area contributed by atoms with Crippen molar-refractivity contribution >= 4 is 35.3 Å². The lowest BCUT2D eigenvalue weighted by Crippen LogP contribution is -2.32. The fourth-order valence-corrected chi connectivity index (χ4v) is 3.09. The number of carbonyl (C=O) groups is 2. The maximum absolute atomic E-state index is 13.4. The van der Waals surface area contributed by atoms with Crippen LogP contribution in [0.25, 0.3) is 16.9 Å². The van der Waals surface area contributed by atoms with Gasteiger partial charge in [-0.2, -0.15) is 10.2 Å². The highest BCUT2D eigenvalue weighted by Crippen LogP contribution is 2.23. The highest BCUT2D eigenvalue weighted by molar-refractivity contribution is 6.39. The van der Waals surface area contributed by atoms with E-state index in [2.05, 4.69) is 20.9 Å². The van der Waals surface area contributed by atoms with Gasteiger partial charge in [-0.3, -0.25) is 9.59 Å². The molecule has 33 heavy (non-hydrogen) atoms. The summed E-state index contributed by atoms with van der Waals surface area (Å²) in [6.45, 7) is 0. The van der Waals surface area contributed by atoms with Gasteiger partial charge >= 0.3 is 11.8 Å². The second-order valence-electron chi connectivity index (χ2n) is 6.88. The van der Waals surface area contributed by atoms with E-state index in [1.165, 1.54) is 18.3 Å². The first-order valence-corrected chi connectivity index (χ1v) is 10.2. The summed E-state index contributed by atoms with van der Waals surface area (Å²) in [6, 6.07) is 21.6. The third-order valence-electron chi connectivity index (χ3n) is 4.56. The molecule has 0 fully saturated rings. The molecule has 2 amide bonds. The zero-order valence-corrected chi connectivity index (χ0v) is 17.8. The average molecular weight is 462 g/mol. The van der Waals surface area contributed by atoms with Crippen LogP contribution in [0.4, 0.5) is 10.1 Å². The summed E-state index contributed by atoms with van der Waals surface area (Å²) in [5.41, 5.74) is 5.18. The SMILES string of the molecule is O=C(N/N=C\c1cn(-c2ccccc2)nc1-c1ccc(F)cc1)C(=O)Nc1ccc(Cl)cc1. The Hall–Kier alpha value is -4.30. The number of hydrazone groups is 1. The van der Waals surface area contributed by atoms with E-state index in [9.17, 15) is 14.0 Å². The Morgan fingerprint density at radius 2 is 1.64 bits per heavy atom.